The van der Waals surface area contributed by atoms with Crippen molar-refractivity contribution in [2.45, 2.75) is 53.7 Å². The van der Waals surface area contributed by atoms with Crippen molar-refractivity contribution < 1.29 is 9.47 Å². The Bertz CT molecular complexity index is 1210. The summed E-state index contributed by atoms with van der Waals surface area (Å²) in [6.45, 7) is 10.5. The molecule has 0 unspecified atom stereocenters. The van der Waals surface area contributed by atoms with E-state index in [1.54, 1.807) is 0 Å². The second kappa shape index (κ2) is 9.90. The van der Waals surface area contributed by atoms with E-state index in [0.717, 1.165) is 53.3 Å². The van der Waals surface area contributed by atoms with Gasteiger partial charge in [0.25, 0.3) is 0 Å². The van der Waals surface area contributed by atoms with E-state index in [2.05, 4.69) is 86.9 Å². The molecule has 4 aromatic rings. The average Bonchev–Trinajstić information content (AvgIpc) is 3.14. The first-order valence-electron chi connectivity index (χ1n) is 11.4. The van der Waals surface area contributed by atoms with Crippen molar-refractivity contribution in [1.29, 1.82) is 0 Å². The summed E-state index contributed by atoms with van der Waals surface area (Å²) in [5, 5.41) is 0. The molecule has 0 N–H and O–H groups in total. The van der Waals surface area contributed by atoms with Gasteiger partial charge >= 0.3 is 0 Å². The molecular weight excluding hydrogens is 396 g/mol. The second-order valence-corrected chi connectivity index (χ2v) is 8.53. The van der Waals surface area contributed by atoms with Gasteiger partial charge in [-0.05, 0) is 93.1 Å². The number of fused-ring (bicyclic) bond motifs is 1. The predicted octanol–water partition coefficient (Wildman–Crippen LogP) is 6.71. The third-order valence-electron chi connectivity index (χ3n) is 5.96. The third kappa shape index (κ3) is 5.13. The maximum Gasteiger partial charge on any atom is 0.147 e. The van der Waals surface area contributed by atoms with Crippen LogP contribution in [-0.4, -0.2) is 16.2 Å². The molecule has 0 saturated heterocycles. The fraction of sp³-hybridized carbons (Fsp3) is 0.321. The molecule has 4 heteroatoms. The van der Waals surface area contributed by atoms with Crippen LogP contribution >= 0.6 is 0 Å². The van der Waals surface area contributed by atoms with Gasteiger partial charge < -0.3 is 14.0 Å². The Morgan fingerprint density at radius 1 is 0.781 bits per heavy atom. The number of aryl methyl sites for hydroxylation is 5. The summed E-state index contributed by atoms with van der Waals surface area (Å²) in [4.78, 5) is 4.85. The zero-order chi connectivity index (χ0) is 22.5. The minimum absolute atomic E-state index is 0.456. The molecule has 0 saturated carbocycles. The van der Waals surface area contributed by atoms with Crippen LogP contribution < -0.4 is 9.47 Å². The monoisotopic (exact) mass is 428 g/mol. The van der Waals surface area contributed by atoms with Crippen LogP contribution in [0.2, 0.25) is 0 Å². The van der Waals surface area contributed by atoms with E-state index in [0.29, 0.717) is 13.2 Å². The lowest BCUT2D eigenvalue weighted by molar-refractivity contribution is 0.283. The first-order chi connectivity index (χ1) is 15.5. The highest BCUT2D eigenvalue weighted by Crippen LogP contribution is 2.23. The summed E-state index contributed by atoms with van der Waals surface area (Å²) < 4.78 is 14.4. The first kappa shape index (κ1) is 21.9. The molecule has 0 radical (unpaired) electrons. The average molecular weight is 429 g/mol. The molecule has 0 spiro atoms. The highest BCUT2D eigenvalue weighted by Gasteiger charge is 2.12. The number of rotatable bonds is 9. The topological polar surface area (TPSA) is 36.3 Å². The molecule has 0 atom stereocenters. The third-order valence-corrected chi connectivity index (χ3v) is 5.96. The van der Waals surface area contributed by atoms with Crippen LogP contribution in [0, 0.1) is 27.7 Å². The number of unbranched alkanes of at least 4 members (excludes halogenated alkanes) is 1. The summed E-state index contributed by atoms with van der Waals surface area (Å²) in [6.07, 6.45) is 2.00. The highest BCUT2D eigenvalue weighted by molar-refractivity contribution is 5.75. The van der Waals surface area contributed by atoms with Gasteiger partial charge in [0.05, 0.1) is 17.6 Å². The lowest BCUT2D eigenvalue weighted by Crippen LogP contribution is -2.09. The Balaban J connectivity index is 1.39. The Morgan fingerprint density at radius 3 is 2.44 bits per heavy atom. The smallest absolute Gasteiger partial charge is 0.147 e. The molecule has 0 aliphatic carbocycles. The van der Waals surface area contributed by atoms with Gasteiger partial charge in [0, 0.05) is 6.54 Å². The number of nitrogens with zero attached hydrogens (tertiary/aromatic N) is 2. The van der Waals surface area contributed by atoms with Crippen LogP contribution in [0.3, 0.4) is 0 Å². The molecule has 0 aliphatic heterocycles. The molecule has 0 amide bonds. The summed E-state index contributed by atoms with van der Waals surface area (Å²) in [5.41, 5.74) is 7.06. The van der Waals surface area contributed by atoms with Crippen LogP contribution in [0.15, 0.2) is 60.7 Å². The predicted molar refractivity (Wildman–Crippen MR) is 131 cm³/mol. The Kier molecular flexibility index (Phi) is 6.79. The number of hydrogen-bond acceptors (Lipinski definition) is 3. The lowest BCUT2D eigenvalue weighted by atomic mass is 10.1. The minimum atomic E-state index is 0.456. The molecule has 166 valence electrons. The number of aromatic nitrogens is 2. The van der Waals surface area contributed by atoms with E-state index in [9.17, 15) is 0 Å². The van der Waals surface area contributed by atoms with Crippen LogP contribution in [0.25, 0.3) is 11.0 Å². The Labute approximate surface area is 190 Å². The lowest BCUT2D eigenvalue weighted by Gasteiger charge is -2.13. The van der Waals surface area contributed by atoms with Crippen LogP contribution in [0.1, 0.15) is 40.9 Å². The molecule has 0 bridgehead atoms. The first-order valence-corrected chi connectivity index (χ1v) is 11.4. The van der Waals surface area contributed by atoms with E-state index in [1.807, 2.05) is 6.07 Å². The van der Waals surface area contributed by atoms with E-state index in [-0.39, 0.29) is 0 Å². The van der Waals surface area contributed by atoms with Gasteiger partial charge in [0.1, 0.15) is 23.9 Å². The number of hydrogen-bond donors (Lipinski definition) is 0. The zero-order valence-corrected chi connectivity index (χ0v) is 19.5. The maximum absolute atomic E-state index is 6.17. The van der Waals surface area contributed by atoms with Crippen LogP contribution in [0.5, 0.6) is 11.5 Å². The molecule has 32 heavy (non-hydrogen) atoms. The Hall–Kier alpha value is -3.27. The molecule has 4 nitrogen and oxygen atoms in total. The van der Waals surface area contributed by atoms with Crippen molar-refractivity contribution in [1.82, 2.24) is 9.55 Å². The molecule has 0 aliphatic rings. The van der Waals surface area contributed by atoms with E-state index < -0.39 is 0 Å². The van der Waals surface area contributed by atoms with Gasteiger partial charge in [-0.3, -0.25) is 0 Å². The van der Waals surface area contributed by atoms with Gasteiger partial charge in [-0.15, -0.1) is 0 Å². The molecule has 1 aromatic heterocycles. The largest absolute Gasteiger partial charge is 0.494 e. The van der Waals surface area contributed by atoms with Crippen molar-refractivity contribution >= 4 is 11.0 Å². The summed E-state index contributed by atoms with van der Waals surface area (Å²) in [7, 11) is 0. The van der Waals surface area contributed by atoms with Gasteiger partial charge in [-0.25, -0.2) is 4.98 Å². The molecular formula is C28H32N2O2. The maximum atomic E-state index is 6.17. The molecule has 3 aromatic carbocycles. The molecule has 0 fully saturated rings. The van der Waals surface area contributed by atoms with Gasteiger partial charge in [0.2, 0.25) is 0 Å². The summed E-state index contributed by atoms with van der Waals surface area (Å²) >= 11 is 0. The second-order valence-electron chi connectivity index (χ2n) is 8.53. The summed E-state index contributed by atoms with van der Waals surface area (Å²) in [6, 6.07) is 20.9. The summed E-state index contributed by atoms with van der Waals surface area (Å²) in [5.74, 6) is 2.83. The zero-order valence-electron chi connectivity index (χ0n) is 19.5. The van der Waals surface area contributed by atoms with E-state index in [4.69, 9.17) is 14.5 Å². The van der Waals surface area contributed by atoms with Crippen LogP contribution in [0.4, 0.5) is 0 Å². The number of ether oxygens (including phenoxy) is 2. The number of para-hydroxylation sites is 2. The SMILES string of the molecule is Cc1ccc(C)c(OCc2nc3ccccc3n2CCCCOc2ccc(C)c(C)c2)c1. The number of imidazole rings is 1. The van der Waals surface area contributed by atoms with E-state index in [1.165, 1.54) is 16.7 Å². The van der Waals surface area contributed by atoms with Crippen molar-refractivity contribution in [3.63, 3.8) is 0 Å². The quantitative estimate of drug-likeness (QED) is 0.278. The van der Waals surface area contributed by atoms with Crippen molar-refractivity contribution in [3.8, 4) is 11.5 Å². The van der Waals surface area contributed by atoms with Crippen molar-refractivity contribution in [2.24, 2.45) is 0 Å². The van der Waals surface area contributed by atoms with Gasteiger partial charge in [0.15, 0.2) is 0 Å². The van der Waals surface area contributed by atoms with Gasteiger partial charge in [-0.2, -0.15) is 0 Å². The van der Waals surface area contributed by atoms with Gasteiger partial charge in [-0.1, -0.05) is 30.3 Å². The fourth-order valence-electron chi connectivity index (χ4n) is 3.86. The normalized spacial score (nSPS) is 11.1. The molecule has 4 rings (SSSR count). The number of benzene rings is 3. The highest BCUT2D eigenvalue weighted by atomic mass is 16.5. The van der Waals surface area contributed by atoms with E-state index >= 15 is 0 Å². The Morgan fingerprint density at radius 2 is 1.59 bits per heavy atom. The minimum Gasteiger partial charge on any atom is -0.494 e. The standard InChI is InChI=1S/C28H32N2O2/c1-20-11-12-22(3)27(17-20)32-19-28-29-25-9-5-6-10-26(25)30(28)15-7-8-16-31-24-14-13-21(2)23(4)18-24/h5-6,9-14,17-18H,7-8,15-16,19H2,1-4H3. The van der Waals surface area contributed by atoms with Crippen molar-refractivity contribution in [3.05, 3.63) is 88.7 Å². The molecule has 1 heterocycles. The van der Waals surface area contributed by atoms with Crippen molar-refractivity contribution in [2.75, 3.05) is 6.61 Å². The van der Waals surface area contributed by atoms with Crippen LogP contribution in [-0.2, 0) is 13.2 Å². The fourth-order valence-corrected chi connectivity index (χ4v) is 3.86.